The second-order valence-electron chi connectivity index (χ2n) is 6.56. The van der Waals surface area contributed by atoms with E-state index in [1.807, 2.05) is 11.0 Å². The lowest BCUT2D eigenvalue weighted by Gasteiger charge is -2.34. The summed E-state index contributed by atoms with van der Waals surface area (Å²) in [6, 6.07) is 1.94. The number of aromatic nitrogens is 1. The van der Waals surface area contributed by atoms with E-state index in [1.54, 1.807) is 17.3 Å². The Morgan fingerprint density at radius 2 is 2.00 bits per heavy atom. The van der Waals surface area contributed by atoms with E-state index in [4.69, 9.17) is 0 Å². The lowest BCUT2D eigenvalue weighted by Crippen LogP contribution is -2.45. The van der Waals surface area contributed by atoms with E-state index in [0.29, 0.717) is 24.6 Å². The molecule has 124 valence electrons. The van der Waals surface area contributed by atoms with Crippen LogP contribution in [0, 0.1) is 5.92 Å². The molecule has 1 unspecified atom stereocenters. The van der Waals surface area contributed by atoms with Crippen LogP contribution in [0.2, 0.25) is 0 Å². The molecule has 1 aromatic rings. The Hall–Kier alpha value is -2.11. The Bertz CT molecular complexity index is 569. The molecule has 0 radical (unpaired) electrons. The molecule has 6 nitrogen and oxygen atoms in total. The maximum absolute atomic E-state index is 12.7. The van der Waals surface area contributed by atoms with E-state index in [2.05, 4.69) is 16.8 Å². The predicted molar refractivity (Wildman–Crippen MR) is 88.4 cm³/mol. The number of carbonyl (C=O) groups excluding carboxylic acids is 2. The normalized spacial score (nSPS) is 22.1. The molecule has 2 saturated heterocycles. The fourth-order valence-corrected chi connectivity index (χ4v) is 3.36. The number of piperidine rings is 1. The molecule has 2 aliphatic rings. The molecule has 3 heterocycles. The van der Waals surface area contributed by atoms with Gasteiger partial charge in [0.1, 0.15) is 0 Å². The monoisotopic (exact) mass is 316 g/mol. The molecule has 0 spiro atoms. The van der Waals surface area contributed by atoms with E-state index in [-0.39, 0.29) is 5.91 Å². The van der Waals surface area contributed by atoms with Crippen LogP contribution < -0.4 is 4.90 Å². The summed E-state index contributed by atoms with van der Waals surface area (Å²) in [5.74, 6) is 0.651. The van der Waals surface area contributed by atoms with Gasteiger partial charge in [-0.1, -0.05) is 6.92 Å². The highest BCUT2D eigenvalue weighted by molar-refractivity contribution is 5.94. The zero-order valence-electron chi connectivity index (χ0n) is 13.6. The SMILES string of the molecule is CC1CCCN(C(=O)c2cncc(N3CCN(C=O)CC3)c2)C1. The topological polar surface area (TPSA) is 56.8 Å². The van der Waals surface area contributed by atoms with Gasteiger partial charge in [0.15, 0.2) is 0 Å². The number of likely N-dealkylation sites (tertiary alicyclic amines) is 1. The first-order valence-corrected chi connectivity index (χ1v) is 8.36. The lowest BCUT2D eigenvalue weighted by atomic mass is 10.00. The quantitative estimate of drug-likeness (QED) is 0.787. The van der Waals surface area contributed by atoms with Gasteiger partial charge >= 0.3 is 0 Å². The standard InChI is InChI=1S/C17H24N4O2/c1-14-3-2-4-21(12-14)17(23)15-9-16(11-18-10-15)20-7-5-19(13-22)6-8-20/h9-11,13-14H,2-8,12H2,1H3. The number of piperazine rings is 1. The molecule has 3 rings (SSSR count). The number of amides is 2. The van der Waals surface area contributed by atoms with Crippen LogP contribution in [-0.2, 0) is 4.79 Å². The van der Waals surface area contributed by atoms with Crippen molar-refractivity contribution in [3.63, 3.8) is 0 Å². The summed E-state index contributed by atoms with van der Waals surface area (Å²) in [4.78, 5) is 33.6. The second-order valence-corrected chi connectivity index (χ2v) is 6.56. The molecule has 2 aliphatic heterocycles. The molecule has 0 aromatic carbocycles. The van der Waals surface area contributed by atoms with Crippen LogP contribution in [-0.4, -0.2) is 66.4 Å². The average Bonchev–Trinajstić information content (AvgIpc) is 2.61. The zero-order valence-corrected chi connectivity index (χ0v) is 13.6. The third-order valence-electron chi connectivity index (χ3n) is 4.74. The first-order chi connectivity index (χ1) is 11.2. The van der Waals surface area contributed by atoms with E-state index >= 15 is 0 Å². The van der Waals surface area contributed by atoms with Crippen LogP contribution in [0.5, 0.6) is 0 Å². The molecule has 1 aromatic heterocycles. The summed E-state index contributed by atoms with van der Waals surface area (Å²) in [5.41, 5.74) is 1.63. The number of hydrogen-bond acceptors (Lipinski definition) is 4. The summed E-state index contributed by atoms with van der Waals surface area (Å²) in [6.45, 7) is 6.85. The zero-order chi connectivity index (χ0) is 16.2. The van der Waals surface area contributed by atoms with Crippen molar-refractivity contribution in [1.82, 2.24) is 14.8 Å². The molecule has 2 fully saturated rings. The molecule has 6 heteroatoms. The highest BCUT2D eigenvalue weighted by Crippen LogP contribution is 2.21. The van der Waals surface area contributed by atoms with Crippen LogP contribution in [0.15, 0.2) is 18.5 Å². The number of rotatable bonds is 3. The minimum absolute atomic E-state index is 0.0810. The molecular formula is C17H24N4O2. The van der Waals surface area contributed by atoms with Gasteiger partial charge < -0.3 is 14.7 Å². The fourth-order valence-electron chi connectivity index (χ4n) is 3.36. The summed E-state index contributed by atoms with van der Waals surface area (Å²) in [7, 11) is 0. The number of hydrogen-bond donors (Lipinski definition) is 0. The van der Waals surface area contributed by atoms with Crippen molar-refractivity contribution in [2.75, 3.05) is 44.2 Å². The molecule has 0 aliphatic carbocycles. The van der Waals surface area contributed by atoms with Crippen LogP contribution in [0.25, 0.3) is 0 Å². The largest absolute Gasteiger partial charge is 0.367 e. The maximum atomic E-state index is 12.7. The highest BCUT2D eigenvalue weighted by atomic mass is 16.2. The van der Waals surface area contributed by atoms with E-state index in [9.17, 15) is 9.59 Å². The fraction of sp³-hybridized carbons (Fsp3) is 0.588. The Balaban J connectivity index is 1.69. The van der Waals surface area contributed by atoms with Crippen molar-refractivity contribution >= 4 is 18.0 Å². The van der Waals surface area contributed by atoms with E-state index in [0.717, 1.165) is 44.7 Å². The van der Waals surface area contributed by atoms with Gasteiger partial charge in [0, 0.05) is 45.5 Å². The van der Waals surface area contributed by atoms with Crippen LogP contribution in [0.3, 0.4) is 0 Å². The number of pyridine rings is 1. The molecular weight excluding hydrogens is 292 g/mol. The third-order valence-corrected chi connectivity index (χ3v) is 4.74. The van der Waals surface area contributed by atoms with Crippen molar-refractivity contribution in [1.29, 1.82) is 0 Å². The van der Waals surface area contributed by atoms with Gasteiger partial charge in [-0.2, -0.15) is 0 Å². The van der Waals surface area contributed by atoms with E-state index < -0.39 is 0 Å². The number of nitrogens with zero attached hydrogens (tertiary/aromatic N) is 4. The summed E-state index contributed by atoms with van der Waals surface area (Å²) in [6.07, 6.45) is 6.63. The predicted octanol–water partition coefficient (Wildman–Crippen LogP) is 1.23. The van der Waals surface area contributed by atoms with Gasteiger partial charge in [-0.25, -0.2) is 0 Å². The number of carbonyl (C=O) groups is 2. The minimum atomic E-state index is 0.0810. The van der Waals surface area contributed by atoms with Gasteiger partial charge in [-0.05, 0) is 24.8 Å². The highest BCUT2D eigenvalue weighted by Gasteiger charge is 2.23. The molecule has 1 atom stereocenters. The van der Waals surface area contributed by atoms with Gasteiger partial charge in [-0.15, -0.1) is 0 Å². The molecule has 23 heavy (non-hydrogen) atoms. The van der Waals surface area contributed by atoms with Gasteiger partial charge in [-0.3, -0.25) is 14.6 Å². The second kappa shape index (κ2) is 6.98. The Kier molecular flexibility index (Phi) is 4.79. The smallest absolute Gasteiger partial charge is 0.255 e. The Morgan fingerprint density at radius 1 is 1.22 bits per heavy atom. The summed E-state index contributed by atoms with van der Waals surface area (Å²) in [5, 5.41) is 0. The minimum Gasteiger partial charge on any atom is -0.367 e. The molecule has 0 saturated carbocycles. The Morgan fingerprint density at radius 3 is 2.70 bits per heavy atom. The average molecular weight is 316 g/mol. The van der Waals surface area contributed by atoms with Crippen molar-refractivity contribution in [2.45, 2.75) is 19.8 Å². The Labute approximate surface area is 137 Å². The maximum Gasteiger partial charge on any atom is 0.255 e. The lowest BCUT2D eigenvalue weighted by molar-refractivity contribution is -0.118. The molecule has 0 bridgehead atoms. The first kappa shape index (κ1) is 15.8. The van der Waals surface area contributed by atoms with Crippen molar-refractivity contribution in [3.05, 3.63) is 24.0 Å². The molecule has 2 amide bonds. The van der Waals surface area contributed by atoms with Crippen molar-refractivity contribution < 1.29 is 9.59 Å². The van der Waals surface area contributed by atoms with Crippen molar-refractivity contribution in [2.24, 2.45) is 5.92 Å². The van der Waals surface area contributed by atoms with Crippen LogP contribution in [0.4, 0.5) is 5.69 Å². The number of anilines is 1. The van der Waals surface area contributed by atoms with Gasteiger partial charge in [0.2, 0.25) is 6.41 Å². The van der Waals surface area contributed by atoms with Crippen LogP contribution in [0.1, 0.15) is 30.1 Å². The van der Waals surface area contributed by atoms with Gasteiger partial charge in [0.05, 0.1) is 17.4 Å². The van der Waals surface area contributed by atoms with Crippen LogP contribution >= 0.6 is 0 Å². The third kappa shape index (κ3) is 3.63. The van der Waals surface area contributed by atoms with Crippen molar-refractivity contribution in [3.8, 4) is 0 Å². The summed E-state index contributed by atoms with van der Waals surface area (Å²) < 4.78 is 0. The summed E-state index contributed by atoms with van der Waals surface area (Å²) >= 11 is 0. The first-order valence-electron chi connectivity index (χ1n) is 8.36. The van der Waals surface area contributed by atoms with E-state index in [1.165, 1.54) is 6.42 Å². The van der Waals surface area contributed by atoms with Gasteiger partial charge in [0.25, 0.3) is 5.91 Å². The molecule has 0 N–H and O–H groups in total.